The average Bonchev–Trinajstić information content (AvgIpc) is 2.65. The van der Waals surface area contributed by atoms with E-state index in [0.717, 1.165) is 11.1 Å². The second-order valence-corrected chi connectivity index (χ2v) is 6.92. The molecule has 3 rings (SSSR count). The molecule has 136 valence electrons. The van der Waals surface area contributed by atoms with Crippen molar-refractivity contribution in [3.05, 3.63) is 59.7 Å². The molecule has 1 fully saturated rings. The topological polar surface area (TPSA) is 52.6 Å². The molecule has 0 bridgehead atoms. The van der Waals surface area contributed by atoms with Crippen LogP contribution >= 0.6 is 0 Å². The molecule has 26 heavy (non-hydrogen) atoms. The van der Waals surface area contributed by atoms with Crippen molar-refractivity contribution in [3.63, 3.8) is 0 Å². The van der Waals surface area contributed by atoms with E-state index >= 15 is 0 Å². The molecule has 0 unspecified atom stereocenters. The third kappa shape index (κ3) is 4.31. The number of carbonyl (C=O) groups excluding carboxylic acids is 2. The third-order valence-corrected chi connectivity index (χ3v) is 5.00. The van der Waals surface area contributed by atoms with Crippen LogP contribution in [0, 0.1) is 25.7 Å². The Hall–Kier alpha value is -2.62. The zero-order valence-corrected chi connectivity index (χ0v) is 15.2. The molecule has 4 heteroatoms. The summed E-state index contributed by atoms with van der Waals surface area (Å²) in [6.45, 7) is 3.84. The van der Waals surface area contributed by atoms with Crippen molar-refractivity contribution in [2.45, 2.75) is 39.5 Å². The lowest BCUT2D eigenvalue weighted by atomic mass is 9.82. The monoisotopic (exact) mass is 352 g/mol. The van der Waals surface area contributed by atoms with Crippen molar-refractivity contribution >= 4 is 11.9 Å². The van der Waals surface area contributed by atoms with Crippen LogP contribution in [-0.2, 0) is 9.59 Å². The van der Waals surface area contributed by atoms with Crippen molar-refractivity contribution in [2.24, 2.45) is 11.8 Å². The van der Waals surface area contributed by atoms with Gasteiger partial charge in [0.05, 0.1) is 11.8 Å². The first-order valence-electron chi connectivity index (χ1n) is 9.09. The number of aryl methyl sites for hydroxylation is 2. The van der Waals surface area contributed by atoms with E-state index in [9.17, 15) is 9.59 Å². The molecule has 0 atom stereocenters. The van der Waals surface area contributed by atoms with Crippen LogP contribution in [0.2, 0.25) is 0 Å². The van der Waals surface area contributed by atoms with E-state index in [1.165, 1.54) is 0 Å². The largest absolute Gasteiger partial charge is 0.426 e. The summed E-state index contributed by atoms with van der Waals surface area (Å²) in [5, 5.41) is 0. The SMILES string of the molecule is Cc1ccccc1OC(=O)C1CCC(C(=O)Oc2ccccc2C)CC1. The van der Waals surface area contributed by atoms with Gasteiger partial charge in [-0.15, -0.1) is 0 Å². The van der Waals surface area contributed by atoms with Crippen molar-refractivity contribution in [1.82, 2.24) is 0 Å². The number of rotatable bonds is 4. The van der Waals surface area contributed by atoms with Gasteiger partial charge in [-0.25, -0.2) is 0 Å². The van der Waals surface area contributed by atoms with E-state index in [-0.39, 0.29) is 23.8 Å². The van der Waals surface area contributed by atoms with E-state index in [2.05, 4.69) is 0 Å². The first-order valence-corrected chi connectivity index (χ1v) is 9.09. The molecule has 0 radical (unpaired) electrons. The highest BCUT2D eigenvalue weighted by Gasteiger charge is 2.32. The van der Waals surface area contributed by atoms with E-state index in [4.69, 9.17) is 9.47 Å². The predicted octanol–water partition coefficient (Wildman–Crippen LogP) is 4.62. The first-order chi connectivity index (χ1) is 12.5. The van der Waals surface area contributed by atoms with Crippen LogP contribution < -0.4 is 9.47 Å². The molecule has 1 saturated carbocycles. The molecule has 0 amide bonds. The zero-order chi connectivity index (χ0) is 18.5. The highest BCUT2D eigenvalue weighted by atomic mass is 16.5. The molecule has 1 aliphatic carbocycles. The molecule has 0 N–H and O–H groups in total. The average molecular weight is 352 g/mol. The van der Waals surface area contributed by atoms with Gasteiger partial charge in [-0.3, -0.25) is 9.59 Å². The van der Waals surface area contributed by atoms with E-state index in [1.54, 1.807) is 12.1 Å². The van der Waals surface area contributed by atoms with E-state index in [1.807, 2.05) is 50.2 Å². The quantitative estimate of drug-likeness (QED) is 0.595. The molecule has 2 aromatic rings. The fourth-order valence-corrected chi connectivity index (χ4v) is 3.29. The molecule has 0 heterocycles. The second kappa shape index (κ2) is 8.17. The summed E-state index contributed by atoms with van der Waals surface area (Å²) in [7, 11) is 0. The Morgan fingerprint density at radius 3 is 1.38 bits per heavy atom. The molecule has 0 saturated heterocycles. The van der Waals surface area contributed by atoms with Crippen LogP contribution in [0.5, 0.6) is 11.5 Å². The predicted molar refractivity (Wildman–Crippen MR) is 99.1 cm³/mol. The van der Waals surface area contributed by atoms with Crippen LogP contribution in [0.25, 0.3) is 0 Å². The number of hydrogen-bond acceptors (Lipinski definition) is 4. The summed E-state index contributed by atoms with van der Waals surface area (Å²) >= 11 is 0. The van der Waals surface area contributed by atoms with Gasteiger partial charge in [0.2, 0.25) is 0 Å². The zero-order valence-electron chi connectivity index (χ0n) is 15.2. The van der Waals surface area contributed by atoms with E-state index < -0.39 is 0 Å². The lowest BCUT2D eigenvalue weighted by Crippen LogP contribution is -2.30. The maximum absolute atomic E-state index is 12.4. The van der Waals surface area contributed by atoms with Gasteiger partial charge < -0.3 is 9.47 Å². The Morgan fingerprint density at radius 2 is 1.04 bits per heavy atom. The molecule has 0 aromatic heterocycles. The number of ether oxygens (including phenoxy) is 2. The minimum Gasteiger partial charge on any atom is -0.426 e. The second-order valence-electron chi connectivity index (χ2n) is 6.92. The van der Waals surface area contributed by atoms with Gasteiger partial charge in [-0.2, -0.15) is 0 Å². The summed E-state index contributed by atoms with van der Waals surface area (Å²) in [5.41, 5.74) is 1.88. The lowest BCUT2D eigenvalue weighted by Gasteiger charge is -2.26. The van der Waals surface area contributed by atoms with Gasteiger partial charge in [0.1, 0.15) is 11.5 Å². The minimum atomic E-state index is -0.204. The van der Waals surface area contributed by atoms with Gasteiger partial charge in [0.25, 0.3) is 0 Å². The third-order valence-electron chi connectivity index (χ3n) is 5.00. The Kier molecular flexibility index (Phi) is 5.71. The van der Waals surface area contributed by atoms with Gasteiger partial charge in [-0.1, -0.05) is 36.4 Å². The van der Waals surface area contributed by atoms with Crippen LogP contribution in [0.3, 0.4) is 0 Å². The number of benzene rings is 2. The fourth-order valence-electron chi connectivity index (χ4n) is 3.29. The highest BCUT2D eigenvalue weighted by molar-refractivity contribution is 5.78. The molecule has 2 aromatic carbocycles. The first kappa shape index (κ1) is 18.2. The lowest BCUT2D eigenvalue weighted by molar-refractivity contribution is -0.145. The Morgan fingerprint density at radius 1 is 0.692 bits per heavy atom. The number of hydrogen-bond donors (Lipinski definition) is 0. The van der Waals surface area contributed by atoms with Crippen molar-refractivity contribution in [2.75, 3.05) is 0 Å². The molecule has 0 aliphatic heterocycles. The number of esters is 2. The van der Waals surface area contributed by atoms with Crippen molar-refractivity contribution in [3.8, 4) is 11.5 Å². The van der Waals surface area contributed by atoms with Gasteiger partial charge in [0, 0.05) is 0 Å². The smallest absolute Gasteiger partial charge is 0.314 e. The Bertz CT molecular complexity index is 721. The normalized spacial score (nSPS) is 19.6. The van der Waals surface area contributed by atoms with Crippen molar-refractivity contribution in [1.29, 1.82) is 0 Å². The van der Waals surface area contributed by atoms with Crippen LogP contribution in [-0.4, -0.2) is 11.9 Å². The summed E-state index contributed by atoms with van der Waals surface area (Å²) in [4.78, 5) is 24.8. The maximum Gasteiger partial charge on any atom is 0.314 e. The number of carbonyl (C=O) groups is 2. The minimum absolute atomic E-state index is 0.155. The molecular formula is C22H24O4. The standard InChI is InChI=1S/C22H24O4/c1-15-7-3-5-9-19(15)25-21(23)17-11-13-18(14-12-17)22(24)26-20-10-6-4-8-16(20)2/h3-10,17-18H,11-14H2,1-2H3. The van der Waals surface area contributed by atoms with Gasteiger partial charge >= 0.3 is 11.9 Å². The fraction of sp³-hybridized carbons (Fsp3) is 0.364. The van der Waals surface area contributed by atoms with Crippen LogP contribution in [0.4, 0.5) is 0 Å². The summed E-state index contributed by atoms with van der Waals surface area (Å²) < 4.78 is 11.1. The summed E-state index contributed by atoms with van der Waals surface area (Å²) in [6, 6.07) is 15.0. The highest BCUT2D eigenvalue weighted by Crippen LogP contribution is 2.32. The molecular weight excluding hydrogens is 328 g/mol. The van der Waals surface area contributed by atoms with Gasteiger partial charge in [-0.05, 0) is 62.8 Å². The molecule has 1 aliphatic rings. The number of para-hydroxylation sites is 2. The summed E-state index contributed by atoms with van der Waals surface area (Å²) in [5.74, 6) is 0.501. The van der Waals surface area contributed by atoms with Crippen molar-refractivity contribution < 1.29 is 19.1 Å². The Labute approximate surface area is 154 Å². The van der Waals surface area contributed by atoms with Gasteiger partial charge in [0.15, 0.2) is 0 Å². The van der Waals surface area contributed by atoms with Crippen LogP contribution in [0.1, 0.15) is 36.8 Å². The summed E-state index contributed by atoms with van der Waals surface area (Å²) in [6.07, 6.45) is 2.60. The maximum atomic E-state index is 12.4. The molecule has 4 nitrogen and oxygen atoms in total. The molecule has 0 spiro atoms. The Balaban J connectivity index is 1.52. The van der Waals surface area contributed by atoms with Crippen LogP contribution in [0.15, 0.2) is 48.5 Å². The van der Waals surface area contributed by atoms with E-state index in [0.29, 0.717) is 37.2 Å².